The summed E-state index contributed by atoms with van der Waals surface area (Å²) in [6, 6.07) is 4.90. The molecule has 1 unspecified atom stereocenters. The lowest BCUT2D eigenvalue weighted by Crippen LogP contribution is -2.60. The minimum absolute atomic E-state index is 0.0689. The molecule has 9 heteroatoms. The normalized spacial score (nSPS) is 29.8. The Balaban J connectivity index is 1.64. The maximum absolute atomic E-state index is 11.0. The number of nitrogens with one attached hydrogen (secondary N) is 1. The molecule has 0 amide bonds. The highest BCUT2D eigenvalue weighted by atomic mass is 16.7. The van der Waals surface area contributed by atoms with Crippen molar-refractivity contribution in [1.82, 2.24) is 4.98 Å². The molecule has 1 aliphatic rings. The summed E-state index contributed by atoms with van der Waals surface area (Å²) in [4.78, 5) is 14.1. The number of fused-ring (bicyclic) bond motifs is 1. The molecule has 3 rings (SSSR count). The fraction of sp³-hybridized carbons (Fsp3) is 0.438. The van der Waals surface area contributed by atoms with E-state index < -0.39 is 36.7 Å². The van der Waals surface area contributed by atoms with E-state index in [0.717, 1.165) is 16.5 Å². The quantitative estimate of drug-likeness (QED) is 0.414. The number of aliphatic hydroxyl groups excluding tert-OH is 3. The Kier molecular flexibility index (Phi) is 4.93. The summed E-state index contributed by atoms with van der Waals surface area (Å²) in [6.07, 6.45) is -5.92. The second-order valence-corrected chi connectivity index (χ2v) is 5.90. The van der Waals surface area contributed by atoms with Crippen LogP contribution in [0.15, 0.2) is 24.4 Å². The van der Waals surface area contributed by atoms with E-state index in [1.54, 1.807) is 24.4 Å². The first-order valence-corrected chi connectivity index (χ1v) is 7.71. The van der Waals surface area contributed by atoms with Crippen LogP contribution in [0.3, 0.4) is 0 Å². The van der Waals surface area contributed by atoms with E-state index in [-0.39, 0.29) is 12.4 Å². The number of aliphatic hydroxyl groups is 3. The van der Waals surface area contributed by atoms with Crippen LogP contribution >= 0.6 is 0 Å². The molecule has 1 aromatic carbocycles. The van der Waals surface area contributed by atoms with Gasteiger partial charge in [0.25, 0.3) is 0 Å². The van der Waals surface area contributed by atoms with Gasteiger partial charge in [0.15, 0.2) is 12.4 Å². The van der Waals surface area contributed by atoms with Gasteiger partial charge in [-0.2, -0.15) is 0 Å². The lowest BCUT2D eigenvalue weighted by molar-refractivity contribution is -0.293. The van der Waals surface area contributed by atoms with Gasteiger partial charge in [-0.3, -0.25) is 0 Å². The first-order valence-electron chi connectivity index (χ1n) is 7.71. The third-order valence-corrected chi connectivity index (χ3v) is 4.22. The Bertz CT molecular complexity index is 760. The largest absolute Gasteiger partial charge is 0.508 e. The molecule has 25 heavy (non-hydrogen) atoms. The number of H-pyrrole nitrogens is 1. The fourth-order valence-electron chi connectivity index (χ4n) is 2.85. The van der Waals surface area contributed by atoms with Gasteiger partial charge in [-0.25, -0.2) is 4.79 Å². The molecular weight excluding hydrogens is 334 g/mol. The lowest BCUT2D eigenvalue weighted by atomic mass is 9.99. The smallest absolute Gasteiger partial charge is 0.335 e. The number of phenolic OH excluding ortho intramolecular Hbond substituents is 1. The van der Waals surface area contributed by atoms with E-state index in [0.29, 0.717) is 6.42 Å². The van der Waals surface area contributed by atoms with Gasteiger partial charge < -0.3 is 40.0 Å². The van der Waals surface area contributed by atoms with Gasteiger partial charge in [0.2, 0.25) is 0 Å². The molecule has 2 aromatic rings. The first kappa shape index (κ1) is 17.6. The molecule has 0 aliphatic carbocycles. The van der Waals surface area contributed by atoms with E-state index in [1.807, 2.05) is 0 Å². The van der Waals surface area contributed by atoms with Gasteiger partial charge >= 0.3 is 5.97 Å². The van der Waals surface area contributed by atoms with Crippen molar-refractivity contribution in [2.75, 3.05) is 6.61 Å². The Morgan fingerprint density at radius 1 is 1.20 bits per heavy atom. The van der Waals surface area contributed by atoms with Crippen molar-refractivity contribution < 1.29 is 39.8 Å². The van der Waals surface area contributed by atoms with E-state index >= 15 is 0 Å². The molecule has 6 N–H and O–H groups in total. The van der Waals surface area contributed by atoms with Crippen LogP contribution in [0.25, 0.3) is 10.9 Å². The number of phenols is 1. The van der Waals surface area contributed by atoms with Gasteiger partial charge in [-0.1, -0.05) is 0 Å². The van der Waals surface area contributed by atoms with Gasteiger partial charge in [0.1, 0.15) is 24.1 Å². The first-order chi connectivity index (χ1) is 11.9. The Labute approximate surface area is 142 Å². The van der Waals surface area contributed by atoms with Crippen LogP contribution in [0.4, 0.5) is 0 Å². The van der Waals surface area contributed by atoms with E-state index in [9.17, 15) is 25.2 Å². The predicted octanol–water partition coefficient (Wildman–Crippen LogP) is -0.675. The summed E-state index contributed by atoms with van der Waals surface area (Å²) < 4.78 is 10.4. The number of rotatable bonds is 5. The maximum atomic E-state index is 11.0. The molecular formula is C16H19NO8. The number of carbonyl (C=O) groups is 1. The summed E-state index contributed by atoms with van der Waals surface area (Å²) in [5.74, 6) is -1.33. The van der Waals surface area contributed by atoms with Gasteiger partial charge in [-0.15, -0.1) is 0 Å². The van der Waals surface area contributed by atoms with Crippen LogP contribution in [0.1, 0.15) is 5.56 Å². The van der Waals surface area contributed by atoms with Gasteiger partial charge in [-0.05, 0) is 30.2 Å². The molecule has 2 heterocycles. The molecule has 136 valence electrons. The summed E-state index contributed by atoms with van der Waals surface area (Å²) >= 11 is 0. The number of hydrogen-bond donors (Lipinski definition) is 6. The highest BCUT2D eigenvalue weighted by Gasteiger charge is 2.47. The molecule has 1 aromatic heterocycles. The average Bonchev–Trinajstić information content (AvgIpc) is 2.96. The zero-order chi connectivity index (χ0) is 18.1. The zero-order valence-electron chi connectivity index (χ0n) is 13.1. The second kappa shape index (κ2) is 6.98. The topological polar surface area (TPSA) is 152 Å². The molecule has 5 atom stereocenters. The number of aromatic nitrogens is 1. The number of aromatic hydroxyl groups is 1. The molecule has 1 saturated heterocycles. The standard InChI is InChI=1S/C16H19NO8/c18-8-1-2-10-9(5-8)7(6-17-10)3-4-24-16-13(21)11(19)12(20)14(25-16)15(22)23/h1-2,5-6,11-14,16-21H,3-4H2,(H,22,23)/t11-,12-,13+,14-,16?/m0/s1. The van der Waals surface area contributed by atoms with Crippen LogP contribution < -0.4 is 0 Å². The van der Waals surface area contributed by atoms with Crippen molar-refractivity contribution in [2.45, 2.75) is 37.1 Å². The third-order valence-electron chi connectivity index (χ3n) is 4.22. The van der Waals surface area contributed by atoms with Crippen LogP contribution in [0.5, 0.6) is 5.75 Å². The molecule has 9 nitrogen and oxygen atoms in total. The Hall–Kier alpha value is -2.17. The molecule has 0 bridgehead atoms. The molecule has 1 fully saturated rings. The van der Waals surface area contributed by atoms with Crippen LogP contribution in [0, 0.1) is 0 Å². The SMILES string of the molecule is O=C(O)[C@H]1OC(OCCc2c[nH]c3ccc(O)cc23)[C@H](O)[C@@H](O)[C@@H]1O. The lowest BCUT2D eigenvalue weighted by Gasteiger charge is -2.38. The maximum Gasteiger partial charge on any atom is 0.335 e. The van der Waals surface area contributed by atoms with Crippen molar-refractivity contribution >= 4 is 16.9 Å². The van der Waals surface area contributed by atoms with Crippen LogP contribution in [-0.2, 0) is 20.7 Å². The fourth-order valence-corrected chi connectivity index (χ4v) is 2.85. The summed E-state index contributed by atoms with van der Waals surface area (Å²) in [7, 11) is 0. The average molecular weight is 353 g/mol. The minimum Gasteiger partial charge on any atom is -0.508 e. The highest BCUT2D eigenvalue weighted by Crippen LogP contribution is 2.25. The van der Waals surface area contributed by atoms with E-state index in [2.05, 4.69) is 4.98 Å². The second-order valence-electron chi connectivity index (χ2n) is 5.90. The van der Waals surface area contributed by atoms with Crippen molar-refractivity contribution in [3.05, 3.63) is 30.0 Å². The number of aromatic amines is 1. The van der Waals surface area contributed by atoms with Crippen molar-refractivity contribution in [2.24, 2.45) is 0 Å². The summed E-state index contributed by atoms with van der Waals surface area (Å²) in [6.45, 7) is 0.0689. The molecule has 0 saturated carbocycles. The third kappa shape index (κ3) is 3.46. The number of ether oxygens (including phenoxy) is 2. The Morgan fingerprint density at radius 2 is 1.96 bits per heavy atom. The van der Waals surface area contributed by atoms with Gasteiger partial charge in [0, 0.05) is 17.1 Å². The van der Waals surface area contributed by atoms with Crippen molar-refractivity contribution in [1.29, 1.82) is 0 Å². The monoisotopic (exact) mass is 353 g/mol. The van der Waals surface area contributed by atoms with Crippen molar-refractivity contribution in [3.8, 4) is 5.75 Å². The minimum atomic E-state index is -1.75. The van der Waals surface area contributed by atoms with Gasteiger partial charge in [0.05, 0.1) is 6.61 Å². The number of carboxylic acid groups (broad SMARTS) is 1. The number of benzene rings is 1. The number of hydrogen-bond acceptors (Lipinski definition) is 7. The molecule has 0 radical (unpaired) electrons. The number of aliphatic carboxylic acids is 1. The molecule has 1 aliphatic heterocycles. The highest BCUT2D eigenvalue weighted by molar-refractivity contribution is 5.84. The summed E-state index contributed by atoms with van der Waals surface area (Å²) in [5, 5.41) is 48.6. The number of carboxylic acids is 1. The van der Waals surface area contributed by atoms with E-state index in [4.69, 9.17) is 14.6 Å². The predicted molar refractivity (Wildman–Crippen MR) is 83.9 cm³/mol. The Morgan fingerprint density at radius 3 is 2.68 bits per heavy atom. The zero-order valence-corrected chi connectivity index (χ0v) is 13.1. The van der Waals surface area contributed by atoms with Crippen LogP contribution in [0.2, 0.25) is 0 Å². The van der Waals surface area contributed by atoms with Crippen molar-refractivity contribution in [3.63, 3.8) is 0 Å². The molecule has 0 spiro atoms. The summed E-state index contributed by atoms with van der Waals surface area (Å²) in [5.41, 5.74) is 1.69. The van der Waals surface area contributed by atoms with E-state index in [1.165, 1.54) is 0 Å². The van der Waals surface area contributed by atoms with Crippen LogP contribution in [-0.4, -0.2) is 73.8 Å².